The summed E-state index contributed by atoms with van der Waals surface area (Å²) in [5, 5.41) is 16.8. The molecule has 1 heterocycles. The van der Waals surface area contributed by atoms with Crippen molar-refractivity contribution < 1.29 is 14.5 Å². The van der Waals surface area contributed by atoms with Crippen molar-refractivity contribution in [3.63, 3.8) is 0 Å². The van der Waals surface area contributed by atoms with E-state index < -0.39 is 4.92 Å². The molecule has 26 heavy (non-hydrogen) atoms. The number of methoxy groups -OCH3 is 1. The zero-order valence-electron chi connectivity index (χ0n) is 15.2. The van der Waals surface area contributed by atoms with Crippen LogP contribution >= 0.6 is 12.4 Å². The predicted octanol–water partition coefficient (Wildman–Crippen LogP) is 2.29. The smallest absolute Gasteiger partial charge is 0.273 e. The highest BCUT2D eigenvalue weighted by Gasteiger charge is 2.21. The van der Waals surface area contributed by atoms with E-state index in [2.05, 4.69) is 15.5 Å². The maximum absolute atomic E-state index is 12.3. The van der Waals surface area contributed by atoms with E-state index in [4.69, 9.17) is 4.74 Å². The van der Waals surface area contributed by atoms with Crippen molar-refractivity contribution in [2.24, 2.45) is 5.92 Å². The highest BCUT2D eigenvalue weighted by Crippen LogP contribution is 2.29. The van der Waals surface area contributed by atoms with E-state index in [-0.39, 0.29) is 29.8 Å². The van der Waals surface area contributed by atoms with Crippen molar-refractivity contribution >= 4 is 29.7 Å². The Morgan fingerprint density at radius 1 is 1.38 bits per heavy atom. The second-order valence-electron chi connectivity index (χ2n) is 6.30. The van der Waals surface area contributed by atoms with Gasteiger partial charge < -0.3 is 15.4 Å². The second kappa shape index (κ2) is 10.9. The number of nitrogens with zero attached hydrogens (tertiary/aromatic N) is 2. The largest absolute Gasteiger partial charge is 0.494 e. The summed E-state index contributed by atoms with van der Waals surface area (Å²) >= 11 is 0. The number of nitro groups is 1. The van der Waals surface area contributed by atoms with Gasteiger partial charge in [-0.1, -0.05) is 0 Å². The van der Waals surface area contributed by atoms with Gasteiger partial charge in [-0.05, 0) is 57.9 Å². The Morgan fingerprint density at radius 2 is 2.08 bits per heavy atom. The molecule has 0 spiro atoms. The Hall–Kier alpha value is -1.90. The monoisotopic (exact) mass is 386 g/mol. The summed E-state index contributed by atoms with van der Waals surface area (Å²) in [5.74, 6) is 0.871. The van der Waals surface area contributed by atoms with E-state index in [1.807, 2.05) is 7.05 Å². The van der Waals surface area contributed by atoms with Gasteiger partial charge in [-0.15, -0.1) is 12.4 Å². The van der Waals surface area contributed by atoms with Gasteiger partial charge in [-0.2, -0.15) is 0 Å². The molecule has 0 aliphatic carbocycles. The van der Waals surface area contributed by atoms with E-state index >= 15 is 0 Å². The number of non-ortho nitro benzene ring substituents is 1. The molecule has 1 aliphatic heterocycles. The Balaban J connectivity index is 0.00000338. The zero-order valence-corrected chi connectivity index (χ0v) is 16.0. The molecular weight excluding hydrogens is 360 g/mol. The average Bonchev–Trinajstić information content (AvgIpc) is 2.61. The minimum Gasteiger partial charge on any atom is -0.494 e. The van der Waals surface area contributed by atoms with E-state index in [0.717, 1.165) is 38.4 Å². The van der Waals surface area contributed by atoms with Crippen LogP contribution in [0.2, 0.25) is 0 Å². The van der Waals surface area contributed by atoms with Crippen LogP contribution in [-0.2, 0) is 4.79 Å². The first-order chi connectivity index (χ1) is 12.0. The van der Waals surface area contributed by atoms with Crippen molar-refractivity contribution in [1.82, 2.24) is 10.2 Å². The molecular formula is C17H27ClN4O4. The standard InChI is InChI=1S/C17H26N4O4.ClH/c1-18-8-5-13-6-9-20(10-7-13)12-17(22)19-15-4-3-14(21(23)24)11-16(15)25-2;/h3-4,11,13,18H,5-10,12H2,1-2H3,(H,19,22);1H. The molecule has 1 fully saturated rings. The molecule has 1 aromatic rings. The lowest BCUT2D eigenvalue weighted by Crippen LogP contribution is -2.39. The molecule has 0 radical (unpaired) electrons. The fourth-order valence-corrected chi connectivity index (χ4v) is 3.07. The maximum atomic E-state index is 12.3. The molecule has 1 saturated heterocycles. The number of halogens is 1. The number of carbonyl (C=O) groups is 1. The first-order valence-electron chi connectivity index (χ1n) is 8.52. The van der Waals surface area contributed by atoms with Crippen LogP contribution in [-0.4, -0.2) is 56.1 Å². The molecule has 0 aromatic heterocycles. The molecule has 9 heteroatoms. The highest BCUT2D eigenvalue weighted by atomic mass is 35.5. The number of likely N-dealkylation sites (tertiary alicyclic amines) is 1. The van der Waals surface area contributed by atoms with Crippen LogP contribution in [0.5, 0.6) is 5.75 Å². The number of hydrogen-bond acceptors (Lipinski definition) is 6. The Bertz CT molecular complexity index is 606. The van der Waals surface area contributed by atoms with E-state index in [0.29, 0.717) is 12.2 Å². The number of nitro benzene ring substituents is 1. The molecule has 146 valence electrons. The summed E-state index contributed by atoms with van der Waals surface area (Å²) in [7, 11) is 3.39. The lowest BCUT2D eigenvalue weighted by molar-refractivity contribution is -0.384. The summed E-state index contributed by atoms with van der Waals surface area (Å²) in [6.45, 7) is 3.18. The minimum atomic E-state index is -0.494. The average molecular weight is 387 g/mol. The number of rotatable bonds is 8. The summed E-state index contributed by atoms with van der Waals surface area (Å²) < 4.78 is 5.14. The lowest BCUT2D eigenvalue weighted by atomic mass is 9.93. The van der Waals surface area contributed by atoms with Crippen molar-refractivity contribution in [2.75, 3.05) is 45.7 Å². The van der Waals surface area contributed by atoms with Crippen LogP contribution in [0.25, 0.3) is 0 Å². The highest BCUT2D eigenvalue weighted by molar-refractivity contribution is 5.93. The molecule has 0 bridgehead atoms. The number of hydrogen-bond donors (Lipinski definition) is 2. The van der Waals surface area contributed by atoms with Crippen LogP contribution in [0.15, 0.2) is 18.2 Å². The lowest BCUT2D eigenvalue weighted by Gasteiger charge is -2.31. The maximum Gasteiger partial charge on any atom is 0.273 e. The third kappa shape index (κ3) is 6.44. The van der Waals surface area contributed by atoms with Gasteiger partial charge in [-0.25, -0.2) is 0 Å². The molecule has 1 aromatic carbocycles. The Labute approximate surface area is 159 Å². The van der Waals surface area contributed by atoms with Gasteiger partial charge in [0.1, 0.15) is 5.75 Å². The van der Waals surface area contributed by atoms with Crippen LogP contribution in [0.1, 0.15) is 19.3 Å². The summed E-state index contributed by atoms with van der Waals surface area (Å²) in [6, 6.07) is 4.16. The van der Waals surface area contributed by atoms with Crippen molar-refractivity contribution in [3.8, 4) is 5.75 Å². The van der Waals surface area contributed by atoms with Crippen molar-refractivity contribution in [1.29, 1.82) is 0 Å². The third-order valence-corrected chi connectivity index (χ3v) is 4.55. The predicted molar refractivity (Wildman–Crippen MR) is 103 cm³/mol. The number of ether oxygens (including phenoxy) is 1. The van der Waals surface area contributed by atoms with Gasteiger partial charge in [-0.3, -0.25) is 19.8 Å². The number of piperidine rings is 1. The fraction of sp³-hybridized carbons (Fsp3) is 0.588. The quantitative estimate of drug-likeness (QED) is 0.525. The fourth-order valence-electron chi connectivity index (χ4n) is 3.07. The van der Waals surface area contributed by atoms with Crippen molar-refractivity contribution in [2.45, 2.75) is 19.3 Å². The summed E-state index contributed by atoms with van der Waals surface area (Å²) in [6.07, 6.45) is 3.39. The minimum absolute atomic E-state index is 0. The van der Waals surface area contributed by atoms with Gasteiger partial charge in [0, 0.05) is 6.07 Å². The Morgan fingerprint density at radius 3 is 2.65 bits per heavy atom. The number of benzene rings is 1. The topological polar surface area (TPSA) is 96.7 Å². The molecule has 0 atom stereocenters. The van der Waals surface area contributed by atoms with Crippen molar-refractivity contribution in [3.05, 3.63) is 28.3 Å². The van der Waals surface area contributed by atoms with Gasteiger partial charge in [0.25, 0.3) is 5.69 Å². The van der Waals surface area contributed by atoms with Crippen LogP contribution < -0.4 is 15.4 Å². The summed E-state index contributed by atoms with van der Waals surface area (Å²) in [5.41, 5.74) is 0.375. The number of anilines is 1. The number of amides is 1. The van der Waals surface area contributed by atoms with E-state index in [1.165, 1.54) is 31.7 Å². The van der Waals surface area contributed by atoms with Crippen LogP contribution in [0, 0.1) is 16.0 Å². The third-order valence-electron chi connectivity index (χ3n) is 4.55. The first-order valence-corrected chi connectivity index (χ1v) is 8.52. The molecule has 0 saturated carbocycles. The molecule has 1 amide bonds. The van der Waals surface area contributed by atoms with Gasteiger partial charge >= 0.3 is 0 Å². The molecule has 1 aliphatic rings. The SMILES string of the molecule is CNCCC1CCN(CC(=O)Nc2ccc([N+](=O)[O-])cc2OC)CC1.Cl. The van der Waals surface area contributed by atoms with Gasteiger partial charge in [0.05, 0.1) is 30.3 Å². The summed E-state index contributed by atoms with van der Waals surface area (Å²) in [4.78, 5) is 24.7. The normalized spacial score (nSPS) is 15.2. The molecule has 8 nitrogen and oxygen atoms in total. The number of nitrogens with one attached hydrogen (secondary N) is 2. The zero-order chi connectivity index (χ0) is 18.2. The van der Waals surface area contributed by atoms with Gasteiger partial charge in [0.15, 0.2) is 0 Å². The first kappa shape index (κ1) is 22.1. The second-order valence-corrected chi connectivity index (χ2v) is 6.30. The van der Waals surface area contributed by atoms with E-state index in [9.17, 15) is 14.9 Å². The van der Waals surface area contributed by atoms with E-state index in [1.54, 1.807) is 0 Å². The van der Waals surface area contributed by atoms with Crippen LogP contribution in [0.4, 0.5) is 11.4 Å². The Kier molecular flexibility index (Phi) is 9.32. The molecule has 2 rings (SSSR count). The van der Waals surface area contributed by atoms with Gasteiger partial charge in [0.2, 0.25) is 5.91 Å². The van der Waals surface area contributed by atoms with Crippen LogP contribution in [0.3, 0.4) is 0 Å². The molecule has 0 unspecified atom stereocenters. The molecule has 2 N–H and O–H groups in total. The number of carbonyl (C=O) groups excluding carboxylic acids is 1.